The van der Waals surface area contributed by atoms with Gasteiger partial charge in [0.25, 0.3) is 0 Å². The lowest BCUT2D eigenvalue weighted by molar-refractivity contribution is 0.547. The van der Waals surface area contributed by atoms with Gasteiger partial charge in [0, 0.05) is 9.61 Å². The SMILES string of the molecule is CCNC(Cc1ccc(I)cc1)c1ccc(F)cc1. The van der Waals surface area contributed by atoms with Crippen molar-refractivity contribution in [3.05, 3.63) is 69.0 Å². The summed E-state index contributed by atoms with van der Waals surface area (Å²) >= 11 is 2.30. The van der Waals surface area contributed by atoms with E-state index < -0.39 is 0 Å². The highest BCUT2D eigenvalue weighted by atomic mass is 127. The molecule has 0 spiro atoms. The summed E-state index contributed by atoms with van der Waals surface area (Å²) in [4.78, 5) is 0. The Balaban J connectivity index is 2.15. The molecule has 0 fully saturated rings. The normalized spacial score (nSPS) is 12.4. The van der Waals surface area contributed by atoms with Crippen LogP contribution < -0.4 is 5.32 Å². The summed E-state index contributed by atoms with van der Waals surface area (Å²) < 4.78 is 14.2. The van der Waals surface area contributed by atoms with E-state index in [1.165, 1.54) is 21.3 Å². The van der Waals surface area contributed by atoms with Gasteiger partial charge in [0.05, 0.1) is 0 Å². The molecule has 0 amide bonds. The van der Waals surface area contributed by atoms with Crippen molar-refractivity contribution >= 4 is 22.6 Å². The van der Waals surface area contributed by atoms with Crippen LogP contribution in [0.2, 0.25) is 0 Å². The van der Waals surface area contributed by atoms with Gasteiger partial charge in [0.1, 0.15) is 5.82 Å². The van der Waals surface area contributed by atoms with Gasteiger partial charge in [0.15, 0.2) is 0 Å². The van der Waals surface area contributed by atoms with E-state index in [1.54, 1.807) is 0 Å². The minimum absolute atomic E-state index is 0.187. The van der Waals surface area contributed by atoms with Crippen molar-refractivity contribution in [2.24, 2.45) is 0 Å². The molecule has 0 aromatic heterocycles. The zero-order chi connectivity index (χ0) is 13.7. The Labute approximate surface area is 127 Å². The number of hydrogen-bond acceptors (Lipinski definition) is 1. The van der Waals surface area contributed by atoms with E-state index in [4.69, 9.17) is 0 Å². The Kier molecular flexibility index (Phi) is 5.34. The summed E-state index contributed by atoms with van der Waals surface area (Å²) in [6.45, 7) is 2.98. The first-order chi connectivity index (χ1) is 9.19. The van der Waals surface area contributed by atoms with Gasteiger partial charge in [-0.1, -0.05) is 31.2 Å². The average molecular weight is 369 g/mol. The molecule has 0 saturated carbocycles. The molecule has 0 bridgehead atoms. The predicted molar refractivity (Wildman–Crippen MR) is 85.7 cm³/mol. The van der Waals surface area contributed by atoms with Gasteiger partial charge in [-0.15, -0.1) is 0 Å². The summed E-state index contributed by atoms with van der Waals surface area (Å²) in [5.41, 5.74) is 2.41. The first kappa shape index (κ1) is 14.5. The van der Waals surface area contributed by atoms with E-state index >= 15 is 0 Å². The van der Waals surface area contributed by atoms with Crippen LogP contribution in [0.15, 0.2) is 48.5 Å². The smallest absolute Gasteiger partial charge is 0.123 e. The fraction of sp³-hybridized carbons (Fsp3) is 0.250. The van der Waals surface area contributed by atoms with Crippen LogP contribution in [0.4, 0.5) is 4.39 Å². The molecule has 1 atom stereocenters. The molecule has 0 saturated heterocycles. The molecule has 1 N–H and O–H groups in total. The highest BCUT2D eigenvalue weighted by Crippen LogP contribution is 2.19. The molecule has 2 rings (SSSR count). The van der Waals surface area contributed by atoms with E-state index in [9.17, 15) is 4.39 Å². The zero-order valence-corrected chi connectivity index (χ0v) is 13.0. The fourth-order valence-electron chi connectivity index (χ4n) is 2.11. The molecule has 0 radical (unpaired) electrons. The van der Waals surface area contributed by atoms with Crippen molar-refractivity contribution in [3.8, 4) is 0 Å². The Bertz CT molecular complexity index is 507. The lowest BCUT2D eigenvalue weighted by Gasteiger charge is -2.18. The first-order valence-electron chi connectivity index (χ1n) is 6.42. The number of rotatable bonds is 5. The van der Waals surface area contributed by atoms with Crippen molar-refractivity contribution in [2.75, 3.05) is 6.54 Å². The summed E-state index contributed by atoms with van der Waals surface area (Å²) in [7, 11) is 0. The quantitative estimate of drug-likeness (QED) is 0.774. The fourth-order valence-corrected chi connectivity index (χ4v) is 2.47. The lowest BCUT2D eigenvalue weighted by atomic mass is 9.99. The summed E-state index contributed by atoms with van der Waals surface area (Å²) in [5, 5.41) is 3.46. The number of halogens is 2. The maximum Gasteiger partial charge on any atom is 0.123 e. The van der Waals surface area contributed by atoms with Crippen LogP contribution in [-0.4, -0.2) is 6.54 Å². The maximum atomic E-state index is 13.0. The van der Waals surface area contributed by atoms with Gasteiger partial charge in [-0.05, 0) is 70.9 Å². The zero-order valence-electron chi connectivity index (χ0n) is 10.9. The van der Waals surface area contributed by atoms with Gasteiger partial charge in [-0.3, -0.25) is 0 Å². The third-order valence-electron chi connectivity index (χ3n) is 3.08. The molecule has 0 aliphatic heterocycles. The van der Waals surface area contributed by atoms with E-state index in [0.717, 1.165) is 18.5 Å². The molecule has 2 aromatic carbocycles. The topological polar surface area (TPSA) is 12.0 Å². The van der Waals surface area contributed by atoms with Crippen LogP contribution >= 0.6 is 22.6 Å². The van der Waals surface area contributed by atoms with Crippen molar-refractivity contribution in [1.82, 2.24) is 5.32 Å². The van der Waals surface area contributed by atoms with Crippen LogP contribution in [0.1, 0.15) is 24.1 Å². The van der Waals surface area contributed by atoms with Gasteiger partial charge in [-0.2, -0.15) is 0 Å². The average Bonchev–Trinajstić information content (AvgIpc) is 2.42. The van der Waals surface area contributed by atoms with Crippen molar-refractivity contribution in [1.29, 1.82) is 0 Å². The van der Waals surface area contributed by atoms with Gasteiger partial charge < -0.3 is 5.32 Å². The van der Waals surface area contributed by atoms with Crippen LogP contribution in [0.3, 0.4) is 0 Å². The summed E-state index contributed by atoms with van der Waals surface area (Å²) in [6.07, 6.45) is 0.913. The minimum Gasteiger partial charge on any atom is -0.310 e. The maximum absolute atomic E-state index is 13.0. The van der Waals surface area contributed by atoms with Gasteiger partial charge in [0.2, 0.25) is 0 Å². The Hall–Kier alpha value is -0.940. The van der Waals surface area contributed by atoms with Crippen LogP contribution in [-0.2, 0) is 6.42 Å². The van der Waals surface area contributed by atoms with Gasteiger partial charge in [-0.25, -0.2) is 4.39 Å². The van der Waals surface area contributed by atoms with Crippen LogP contribution in [0.25, 0.3) is 0 Å². The molecular weight excluding hydrogens is 352 g/mol. The predicted octanol–water partition coefficient (Wildman–Crippen LogP) is 4.32. The second kappa shape index (κ2) is 7.01. The molecule has 1 nitrogen and oxygen atoms in total. The molecule has 0 aliphatic carbocycles. The second-order valence-corrected chi connectivity index (χ2v) is 5.74. The second-order valence-electron chi connectivity index (χ2n) is 4.49. The summed E-state index contributed by atoms with van der Waals surface area (Å²) in [5.74, 6) is -0.187. The molecule has 1 unspecified atom stereocenters. The standard InChI is InChI=1S/C16H17FIN/c1-2-19-16(13-5-7-14(17)8-6-13)11-12-3-9-15(18)10-4-12/h3-10,16,19H,2,11H2,1H3. The lowest BCUT2D eigenvalue weighted by Crippen LogP contribution is -2.22. The van der Waals surface area contributed by atoms with E-state index in [2.05, 4.69) is 59.1 Å². The molecule has 2 aromatic rings. The molecule has 19 heavy (non-hydrogen) atoms. The van der Waals surface area contributed by atoms with Crippen molar-refractivity contribution in [3.63, 3.8) is 0 Å². The molecule has 3 heteroatoms. The Morgan fingerprint density at radius 3 is 2.26 bits per heavy atom. The van der Waals surface area contributed by atoms with E-state index in [1.807, 2.05) is 12.1 Å². The highest BCUT2D eigenvalue weighted by molar-refractivity contribution is 14.1. The third-order valence-corrected chi connectivity index (χ3v) is 3.80. The molecule has 0 heterocycles. The molecule has 100 valence electrons. The van der Waals surface area contributed by atoms with E-state index in [-0.39, 0.29) is 11.9 Å². The number of likely N-dealkylation sites (N-methyl/N-ethyl adjacent to an activating group) is 1. The monoisotopic (exact) mass is 369 g/mol. The highest BCUT2D eigenvalue weighted by Gasteiger charge is 2.11. The molecule has 0 aliphatic rings. The molecular formula is C16H17FIN. The van der Waals surface area contributed by atoms with Crippen LogP contribution in [0, 0.1) is 9.39 Å². The Morgan fingerprint density at radius 2 is 1.68 bits per heavy atom. The van der Waals surface area contributed by atoms with Crippen molar-refractivity contribution in [2.45, 2.75) is 19.4 Å². The Morgan fingerprint density at radius 1 is 1.05 bits per heavy atom. The number of hydrogen-bond donors (Lipinski definition) is 1. The first-order valence-corrected chi connectivity index (χ1v) is 7.50. The van der Waals surface area contributed by atoms with Crippen molar-refractivity contribution < 1.29 is 4.39 Å². The van der Waals surface area contributed by atoms with Gasteiger partial charge >= 0.3 is 0 Å². The van der Waals surface area contributed by atoms with E-state index in [0.29, 0.717) is 0 Å². The largest absolute Gasteiger partial charge is 0.310 e. The van der Waals surface area contributed by atoms with Crippen LogP contribution in [0.5, 0.6) is 0 Å². The summed E-state index contributed by atoms with van der Waals surface area (Å²) in [6, 6.07) is 15.5. The minimum atomic E-state index is -0.187. The number of nitrogens with one attached hydrogen (secondary N) is 1. The number of benzene rings is 2. The third kappa shape index (κ3) is 4.28.